The number of carbonyl (C=O) groups excluding carboxylic acids is 2. The van der Waals surface area contributed by atoms with Crippen molar-refractivity contribution in [3.05, 3.63) is 35.4 Å². The van der Waals surface area contributed by atoms with Gasteiger partial charge in [-0.25, -0.2) is 4.79 Å². The van der Waals surface area contributed by atoms with Crippen LogP contribution in [0.2, 0.25) is 0 Å². The van der Waals surface area contributed by atoms with Crippen molar-refractivity contribution in [1.29, 1.82) is 0 Å². The molecule has 0 radical (unpaired) electrons. The number of hydrogen-bond donors (Lipinski definition) is 3. The lowest BCUT2D eigenvalue weighted by Crippen LogP contribution is -2.57. The van der Waals surface area contributed by atoms with E-state index in [2.05, 4.69) is 10.6 Å². The summed E-state index contributed by atoms with van der Waals surface area (Å²) < 4.78 is 39.9. The van der Waals surface area contributed by atoms with Crippen molar-refractivity contribution >= 4 is 11.9 Å². The molecule has 0 saturated carbocycles. The van der Waals surface area contributed by atoms with Gasteiger partial charge in [0.2, 0.25) is 5.91 Å². The number of hydrogen-bond acceptors (Lipinski definition) is 2. The summed E-state index contributed by atoms with van der Waals surface area (Å²) in [6.07, 6.45) is -4.00. The second-order valence-corrected chi connectivity index (χ2v) is 6.04. The summed E-state index contributed by atoms with van der Waals surface area (Å²) in [6, 6.07) is 1.85. The van der Waals surface area contributed by atoms with Crippen LogP contribution in [0.3, 0.4) is 0 Å². The molecule has 1 fully saturated rings. The maximum atomic E-state index is 13.3. The van der Waals surface area contributed by atoms with Crippen LogP contribution in [0.15, 0.2) is 24.3 Å². The second-order valence-electron chi connectivity index (χ2n) is 6.04. The molecule has 1 heterocycles. The van der Waals surface area contributed by atoms with Gasteiger partial charge in [0.25, 0.3) is 0 Å². The minimum Gasteiger partial charge on any atom is -0.354 e. The molecule has 1 saturated heterocycles. The van der Waals surface area contributed by atoms with Gasteiger partial charge in [0.05, 0.1) is 0 Å². The third kappa shape index (κ3) is 4.39. The molecule has 3 unspecified atom stereocenters. The zero-order valence-corrected chi connectivity index (χ0v) is 13.4. The third-order valence-corrected chi connectivity index (χ3v) is 4.02. The number of amides is 3. The molecule has 24 heavy (non-hydrogen) atoms. The summed E-state index contributed by atoms with van der Waals surface area (Å²) >= 11 is 0. The van der Waals surface area contributed by atoms with Gasteiger partial charge in [-0.3, -0.25) is 4.79 Å². The fourth-order valence-electron chi connectivity index (χ4n) is 2.68. The molecule has 1 aliphatic heterocycles. The molecule has 1 aromatic rings. The first kappa shape index (κ1) is 18.1. The van der Waals surface area contributed by atoms with E-state index in [1.165, 1.54) is 18.2 Å². The van der Waals surface area contributed by atoms with E-state index in [9.17, 15) is 22.8 Å². The predicted molar refractivity (Wildman–Crippen MR) is 82.2 cm³/mol. The number of rotatable bonds is 3. The van der Waals surface area contributed by atoms with Gasteiger partial charge < -0.3 is 16.0 Å². The van der Waals surface area contributed by atoms with Crippen LogP contribution >= 0.6 is 0 Å². The van der Waals surface area contributed by atoms with Crippen LogP contribution in [-0.4, -0.2) is 30.7 Å². The lowest BCUT2D eigenvalue weighted by Gasteiger charge is -2.30. The summed E-state index contributed by atoms with van der Waals surface area (Å²) in [6.45, 7) is 3.94. The Morgan fingerprint density at radius 3 is 2.67 bits per heavy atom. The summed E-state index contributed by atoms with van der Waals surface area (Å²) in [7, 11) is 0. The number of nitrogens with one attached hydrogen (secondary N) is 3. The van der Waals surface area contributed by atoms with Crippen molar-refractivity contribution in [1.82, 2.24) is 16.0 Å². The minimum atomic E-state index is -4.65. The molecule has 1 aromatic carbocycles. The minimum absolute atomic E-state index is 0.0567. The number of aryl methyl sites for hydroxylation is 1. The average Bonchev–Trinajstić information content (AvgIpc) is 2.47. The van der Waals surface area contributed by atoms with Crippen LogP contribution in [0.4, 0.5) is 18.0 Å². The summed E-state index contributed by atoms with van der Waals surface area (Å²) in [5, 5.41) is 6.86. The molecule has 0 bridgehead atoms. The highest BCUT2D eigenvalue weighted by atomic mass is 19.4. The molecule has 132 valence electrons. The van der Waals surface area contributed by atoms with Crippen LogP contribution in [0.25, 0.3) is 0 Å². The van der Waals surface area contributed by atoms with Gasteiger partial charge in [-0.1, -0.05) is 36.8 Å². The highest BCUT2D eigenvalue weighted by molar-refractivity contribution is 5.88. The van der Waals surface area contributed by atoms with Gasteiger partial charge in [0.15, 0.2) is 6.04 Å². The van der Waals surface area contributed by atoms with Gasteiger partial charge in [-0.15, -0.1) is 0 Å². The maximum Gasteiger partial charge on any atom is 0.412 e. The van der Waals surface area contributed by atoms with Gasteiger partial charge in [-0.05, 0) is 24.8 Å². The van der Waals surface area contributed by atoms with Crippen LogP contribution < -0.4 is 16.0 Å². The third-order valence-electron chi connectivity index (χ3n) is 4.02. The maximum absolute atomic E-state index is 13.3. The van der Waals surface area contributed by atoms with Crippen LogP contribution in [-0.2, 0) is 4.79 Å². The lowest BCUT2D eigenvalue weighted by atomic mass is 9.94. The van der Waals surface area contributed by atoms with E-state index in [1.54, 1.807) is 19.9 Å². The Labute approximate surface area is 138 Å². The first-order valence-electron chi connectivity index (χ1n) is 7.66. The van der Waals surface area contributed by atoms with E-state index >= 15 is 0 Å². The Morgan fingerprint density at radius 2 is 2.08 bits per heavy atom. The van der Waals surface area contributed by atoms with E-state index in [0.29, 0.717) is 18.5 Å². The van der Waals surface area contributed by atoms with Crippen molar-refractivity contribution < 1.29 is 22.8 Å². The normalized spacial score (nSPS) is 22.5. The van der Waals surface area contributed by atoms with E-state index in [4.69, 9.17) is 0 Å². The van der Waals surface area contributed by atoms with Crippen LogP contribution in [0.5, 0.6) is 0 Å². The van der Waals surface area contributed by atoms with Crippen molar-refractivity contribution in [3.63, 3.8) is 0 Å². The Balaban J connectivity index is 2.12. The van der Waals surface area contributed by atoms with Crippen LogP contribution in [0.1, 0.15) is 30.5 Å². The molecule has 2 rings (SSSR count). The Hall–Kier alpha value is -2.25. The lowest BCUT2D eigenvalue weighted by molar-refractivity contribution is -0.155. The van der Waals surface area contributed by atoms with Gasteiger partial charge in [0.1, 0.15) is 6.04 Å². The zero-order chi connectivity index (χ0) is 17.9. The number of halogens is 3. The Bertz CT molecular complexity index is 619. The summed E-state index contributed by atoms with van der Waals surface area (Å²) in [4.78, 5) is 23.8. The molecule has 8 heteroatoms. The number of benzene rings is 1. The standard InChI is InChI=1S/C16H20F3N3O2/c1-9-4-3-5-11(8-9)13(16(17,18)19)22-15(24)21-12-10(2)6-7-20-14(12)23/h3-5,8,10,12-13H,6-7H2,1-2H3,(H,20,23)(H2,21,22,24). The van der Waals surface area contributed by atoms with E-state index < -0.39 is 24.3 Å². The Kier molecular flexibility index (Phi) is 5.36. The molecule has 0 aromatic heterocycles. The SMILES string of the molecule is Cc1cccc(C(NC(=O)NC2C(=O)NCCC2C)C(F)(F)F)c1. The van der Waals surface area contributed by atoms with Crippen molar-refractivity contribution in [2.24, 2.45) is 5.92 Å². The number of urea groups is 1. The van der Waals surface area contributed by atoms with Gasteiger partial charge in [0, 0.05) is 6.54 Å². The second kappa shape index (κ2) is 7.11. The monoisotopic (exact) mass is 343 g/mol. The van der Waals surface area contributed by atoms with Gasteiger partial charge in [-0.2, -0.15) is 13.2 Å². The molecule has 0 aliphatic carbocycles. The molecule has 3 atom stereocenters. The number of alkyl halides is 3. The Morgan fingerprint density at radius 1 is 1.38 bits per heavy atom. The topological polar surface area (TPSA) is 70.2 Å². The summed E-state index contributed by atoms with van der Waals surface area (Å²) in [5.41, 5.74) is 0.600. The molecule has 3 N–H and O–H groups in total. The van der Waals surface area contributed by atoms with Crippen molar-refractivity contribution in [3.8, 4) is 0 Å². The van der Waals surface area contributed by atoms with E-state index in [1.807, 2.05) is 5.32 Å². The molecule has 0 spiro atoms. The molecule has 3 amide bonds. The predicted octanol–water partition coefficient (Wildman–Crippen LogP) is 2.42. The quantitative estimate of drug-likeness (QED) is 0.789. The molecular weight excluding hydrogens is 323 g/mol. The van der Waals surface area contributed by atoms with E-state index in [0.717, 1.165) is 0 Å². The molecular formula is C16H20F3N3O2. The van der Waals surface area contributed by atoms with Crippen molar-refractivity contribution in [2.45, 2.75) is 38.5 Å². The van der Waals surface area contributed by atoms with Gasteiger partial charge >= 0.3 is 12.2 Å². The first-order chi connectivity index (χ1) is 11.2. The highest BCUT2D eigenvalue weighted by Gasteiger charge is 2.42. The number of carbonyl (C=O) groups is 2. The smallest absolute Gasteiger partial charge is 0.354 e. The van der Waals surface area contributed by atoms with Crippen LogP contribution in [0, 0.1) is 12.8 Å². The fourth-order valence-corrected chi connectivity index (χ4v) is 2.68. The molecule has 5 nitrogen and oxygen atoms in total. The first-order valence-corrected chi connectivity index (χ1v) is 7.66. The zero-order valence-electron chi connectivity index (χ0n) is 13.4. The number of piperidine rings is 1. The largest absolute Gasteiger partial charge is 0.412 e. The fraction of sp³-hybridized carbons (Fsp3) is 0.500. The van der Waals surface area contributed by atoms with Crippen molar-refractivity contribution in [2.75, 3.05) is 6.54 Å². The van der Waals surface area contributed by atoms with E-state index in [-0.39, 0.29) is 17.4 Å². The average molecular weight is 343 g/mol. The highest BCUT2D eigenvalue weighted by Crippen LogP contribution is 2.33. The summed E-state index contributed by atoms with van der Waals surface area (Å²) in [5.74, 6) is -0.532. The molecule has 1 aliphatic rings.